The summed E-state index contributed by atoms with van der Waals surface area (Å²) in [6, 6.07) is 13.9. The van der Waals surface area contributed by atoms with Gasteiger partial charge in [0.25, 0.3) is 0 Å². The monoisotopic (exact) mass is 316 g/mol. The van der Waals surface area contributed by atoms with Crippen LogP contribution in [0.3, 0.4) is 0 Å². The molecular formula is C17H16O4S. The predicted octanol–water partition coefficient (Wildman–Crippen LogP) is 3.38. The van der Waals surface area contributed by atoms with Crippen LogP contribution in [0.4, 0.5) is 0 Å². The topological polar surface area (TPSA) is 52.6 Å². The van der Waals surface area contributed by atoms with E-state index in [4.69, 9.17) is 9.47 Å². The fourth-order valence-corrected chi connectivity index (χ4v) is 2.69. The first-order valence-electron chi connectivity index (χ1n) is 6.77. The molecule has 0 radical (unpaired) electrons. The van der Waals surface area contributed by atoms with Crippen molar-refractivity contribution in [3.8, 4) is 5.75 Å². The fourth-order valence-electron chi connectivity index (χ4n) is 1.79. The molecule has 0 bridgehead atoms. The van der Waals surface area contributed by atoms with Crippen molar-refractivity contribution >= 4 is 17.7 Å². The summed E-state index contributed by atoms with van der Waals surface area (Å²) in [6.07, 6.45) is 0. The maximum absolute atomic E-state index is 12.3. The zero-order valence-corrected chi connectivity index (χ0v) is 13.2. The van der Waals surface area contributed by atoms with Gasteiger partial charge in [0.15, 0.2) is 5.43 Å². The molecule has 0 amide bonds. The van der Waals surface area contributed by atoms with Gasteiger partial charge in [0.2, 0.25) is 0 Å². The summed E-state index contributed by atoms with van der Waals surface area (Å²) in [6.45, 7) is 2.00. The second-order valence-corrected chi connectivity index (χ2v) is 5.47. The first-order valence-corrected chi connectivity index (χ1v) is 7.59. The molecule has 0 unspecified atom stereocenters. The average molecular weight is 316 g/mol. The van der Waals surface area contributed by atoms with Crippen molar-refractivity contribution in [3.05, 3.63) is 64.3 Å². The zero-order valence-electron chi connectivity index (χ0n) is 12.4. The van der Waals surface area contributed by atoms with Crippen molar-refractivity contribution in [2.24, 2.45) is 0 Å². The summed E-state index contributed by atoms with van der Waals surface area (Å²) >= 11 is 1.30. The van der Waals surface area contributed by atoms with Crippen LogP contribution in [0.1, 0.15) is 17.3 Å². The van der Waals surface area contributed by atoms with Gasteiger partial charge in [-0.2, -0.15) is 0 Å². The van der Waals surface area contributed by atoms with Gasteiger partial charge < -0.3 is 9.47 Å². The smallest absolute Gasteiger partial charge is 0.338 e. The van der Waals surface area contributed by atoms with Crippen LogP contribution in [0.2, 0.25) is 0 Å². The van der Waals surface area contributed by atoms with Crippen molar-refractivity contribution in [2.45, 2.75) is 16.7 Å². The lowest BCUT2D eigenvalue weighted by Crippen LogP contribution is -2.04. The third-order valence-corrected chi connectivity index (χ3v) is 3.87. The highest BCUT2D eigenvalue weighted by molar-refractivity contribution is 7.99. The third kappa shape index (κ3) is 4.11. The maximum atomic E-state index is 12.3. The maximum Gasteiger partial charge on any atom is 0.338 e. The predicted molar refractivity (Wildman–Crippen MR) is 85.8 cm³/mol. The van der Waals surface area contributed by atoms with Crippen LogP contribution in [0, 0.1) is 0 Å². The molecule has 0 aliphatic carbocycles. The molecule has 5 heteroatoms. The summed E-state index contributed by atoms with van der Waals surface area (Å²) in [4.78, 5) is 25.6. The van der Waals surface area contributed by atoms with Gasteiger partial charge in [-0.25, -0.2) is 4.79 Å². The van der Waals surface area contributed by atoms with Gasteiger partial charge in [0.1, 0.15) is 5.75 Å². The molecule has 0 aromatic heterocycles. The summed E-state index contributed by atoms with van der Waals surface area (Å²) in [5.74, 6) is -0.153. The summed E-state index contributed by atoms with van der Waals surface area (Å²) < 4.78 is 10.1. The van der Waals surface area contributed by atoms with Crippen LogP contribution in [-0.4, -0.2) is 19.7 Å². The SMILES string of the molecule is CCOC(=O)c1cc(OC)cc(=O)c(Sc2ccccc2)c1. The normalized spacial score (nSPS) is 10.1. The Kier molecular flexibility index (Phi) is 5.61. The summed E-state index contributed by atoms with van der Waals surface area (Å²) in [7, 11) is 1.45. The van der Waals surface area contributed by atoms with Gasteiger partial charge in [-0.15, -0.1) is 0 Å². The van der Waals surface area contributed by atoms with Gasteiger partial charge in [0, 0.05) is 11.0 Å². The third-order valence-electron chi connectivity index (χ3n) is 2.82. The number of hydrogen-bond acceptors (Lipinski definition) is 5. The highest BCUT2D eigenvalue weighted by Crippen LogP contribution is 2.26. The molecule has 2 aromatic carbocycles. The number of methoxy groups -OCH3 is 1. The van der Waals surface area contributed by atoms with Gasteiger partial charge in [0.05, 0.1) is 24.2 Å². The summed E-state index contributed by atoms with van der Waals surface area (Å²) in [5, 5.41) is 0. The van der Waals surface area contributed by atoms with Gasteiger partial charge in [-0.05, 0) is 31.2 Å². The molecule has 22 heavy (non-hydrogen) atoms. The zero-order chi connectivity index (χ0) is 15.9. The van der Waals surface area contributed by atoms with Crippen LogP contribution < -0.4 is 10.2 Å². The largest absolute Gasteiger partial charge is 0.497 e. The Morgan fingerprint density at radius 2 is 1.86 bits per heavy atom. The molecule has 2 rings (SSSR count). The Bertz CT molecular complexity index is 714. The molecule has 0 aliphatic rings. The highest BCUT2D eigenvalue weighted by atomic mass is 32.2. The van der Waals surface area contributed by atoms with E-state index in [1.54, 1.807) is 13.0 Å². The van der Waals surface area contributed by atoms with Gasteiger partial charge >= 0.3 is 5.97 Å². The highest BCUT2D eigenvalue weighted by Gasteiger charge is 2.11. The van der Waals surface area contributed by atoms with Crippen molar-refractivity contribution in [1.29, 1.82) is 0 Å². The van der Waals surface area contributed by atoms with E-state index >= 15 is 0 Å². The minimum Gasteiger partial charge on any atom is -0.497 e. The van der Waals surface area contributed by atoms with Crippen molar-refractivity contribution in [1.82, 2.24) is 0 Å². The van der Waals surface area contributed by atoms with Crippen LogP contribution in [0.5, 0.6) is 5.75 Å². The van der Waals surface area contributed by atoms with E-state index < -0.39 is 5.97 Å². The average Bonchev–Trinajstić information content (AvgIpc) is 2.68. The van der Waals surface area contributed by atoms with Crippen molar-refractivity contribution in [2.75, 3.05) is 13.7 Å². The first-order chi connectivity index (χ1) is 10.6. The lowest BCUT2D eigenvalue weighted by atomic mass is 10.3. The summed E-state index contributed by atoms with van der Waals surface area (Å²) in [5.41, 5.74) is 0.0838. The lowest BCUT2D eigenvalue weighted by molar-refractivity contribution is 0.0526. The van der Waals surface area contributed by atoms with Crippen LogP contribution in [0.15, 0.2) is 63.1 Å². The Labute approximate surface area is 133 Å². The van der Waals surface area contributed by atoms with E-state index in [0.717, 1.165) is 4.90 Å². The van der Waals surface area contributed by atoms with Crippen LogP contribution in [0.25, 0.3) is 0 Å². The standard InChI is InChI=1S/C17H16O4S/c1-3-21-17(19)12-9-13(20-2)11-15(18)16(10-12)22-14-7-5-4-6-8-14/h4-11H,3H2,1-2H3. The molecular weight excluding hydrogens is 300 g/mol. The number of esters is 1. The molecule has 0 aliphatic heterocycles. The van der Waals surface area contributed by atoms with Gasteiger partial charge in [-0.3, -0.25) is 4.79 Å². The molecule has 0 saturated carbocycles. The Morgan fingerprint density at radius 1 is 1.14 bits per heavy atom. The van der Waals surface area contributed by atoms with E-state index in [9.17, 15) is 9.59 Å². The van der Waals surface area contributed by atoms with E-state index in [1.165, 1.54) is 31.0 Å². The number of benzene rings is 1. The molecule has 4 nitrogen and oxygen atoms in total. The minimum atomic E-state index is -0.480. The molecule has 0 heterocycles. The lowest BCUT2D eigenvalue weighted by Gasteiger charge is -2.01. The quantitative estimate of drug-likeness (QED) is 0.792. The van der Waals surface area contributed by atoms with E-state index in [-0.39, 0.29) is 12.0 Å². The molecule has 2 aromatic rings. The van der Waals surface area contributed by atoms with E-state index in [0.29, 0.717) is 16.2 Å². The first kappa shape index (κ1) is 16.1. The molecule has 0 saturated heterocycles. The van der Waals surface area contributed by atoms with Crippen LogP contribution >= 0.6 is 11.8 Å². The van der Waals surface area contributed by atoms with Gasteiger partial charge in [-0.1, -0.05) is 30.0 Å². The Hall–Kier alpha value is -2.27. The number of carbonyl (C=O) groups excluding carboxylic acids is 1. The van der Waals surface area contributed by atoms with E-state index in [1.807, 2.05) is 30.3 Å². The number of ether oxygens (including phenoxy) is 2. The van der Waals surface area contributed by atoms with Crippen molar-refractivity contribution < 1.29 is 14.3 Å². The van der Waals surface area contributed by atoms with E-state index in [2.05, 4.69) is 0 Å². The Balaban J connectivity index is 2.49. The molecule has 0 atom stereocenters. The number of hydrogen-bond donors (Lipinski definition) is 0. The minimum absolute atomic E-state index is 0.207. The number of rotatable bonds is 5. The second kappa shape index (κ2) is 7.66. The molecule has 0 fully saturated rings. The van der Waals surface area contributed by atoms with Crippen molar-refractivity contribution in [3.63, 3.8) is 0 Å². The molecule has 0 N–H and O–H groups in total. The fraction of sp³-hybridized carbons (Fsp3) is 0.176. The Morgan fingerprint density at radius 3 is 2.50 bits per heavy atom. The van der Waals surface area contributed by atoms with Crippen LogP contribution in [-0.2, 0) is 4.74 Å². The second-order valence-electron chi connectivity index (χ2n) is 4.36. The number of carbonyl (C=O) groups is 1. The molecule has 0 spiro atoms. The molecule has 114 valence electrons.